The molecule has 0 spiro atoms. The highest BCUT2D eigenvalue weighted by Gasteiger charge is 2.11. The lowest BCUT2D eigenvalue weighted by Crippen LogP contribution is -2.20. The van der Waals surface area contributed by atoms with Crippen LogP contribution in [0.25, 0.3) is 0 Å². The van der Waals surface area contributed by atoms with Gasteiger partial charge in [-0.15, -0.1) is 0 Å². The topological polar surface area (TPSA) is 87.6 Å². The van der Waals surface area contributed by atoms with E-state index in [2.05, 4.69) is 0 Å². The summed E-state index contributed by atoms with van der Waals surface area (Å²) in [5.41, 5.74) is 12.2. The first-order valence-electron chi connectivity index (χ1n) is 5.49. The van der Waals surface area contributed by atoms with E-state index >= 15 is 0 Å². The molecular formula is C12H18N2O3. The van der Waals surface area contributed by atoms with Gasteiger partial charge in [0.05, 0.1) is 6.61 Å². The van der Waals surface area contributed by atoms with Crippen LogP contribution in [-0.2, 0) is 4.79 Å². The lowest BCUT2D eigenvalue weighted by atomic mass is 10.1. The lowest BCUT2D eigenvalue weighted by molar-refractivity contribution is -0.132. The maximum Gasteiger partial charge on any atom is 0.308 e. The molecule has 0 saturated carbocycles. The van der Waals surface area contributed by atoms with Crippen molar-refractivity contribution in [3.05, 3.63) is 23.8 Å². The van der Waals surface area contributed by atoms with E-state index < -0.39 is 0 Å². The summed E-state index contributed by atoms with van der Waals surface area (Å²) in [6, 6.07) is 4.94. The summed E-state index contributed by atoms with van der Waals surface area (Å²) < 4.78 is 10.4. The minimum absolute atomic E-state index is 0.249. The van der Waals surface area contributed by atoms with Gasteiger partial charge in [-0.05, 0) is 24.6 Å². The molecule has 0 aliphatic carbocycles. The van der Waals surface area contributed by atoms with Crippen molar-refractivity contribution in [1.82, 2.24) is 0 Å². The maximum atomic E-state index is 10.9. The summed E-state index contributed by atoms with van der Waals surface area (Å²) in [7, 11) is 0. The zero-order chi connectivity index (χ0) is 12.8. The van der Waals surface area contributed by atoms with Crippen molar-refractivity contribution < 1.29 is 14.3 Å². The second-order valence-electron chi connectivity index (χ2n) is 3.58. The fourth-order valence-electron chi connectivity index (χ4n) is 1.40. The number of esters is 1. The van der Waals surface area contributed by atoms with Crippen molar-refractivity contribution in [3.8, 4) is 11.5 Å². The van der Waals surface area contributed by atoms with Gasteiger partial charge in [-0.2, -0.15) is 0 Å². The smallest absolute Gasteiger partial charge is 0.308 e. The number of carbonyl (C=O) groups excluding carboxylic acids is 1. The van der Waals surface area contributed by atoms with Crippen LogP contribution in [-0.4, -0.2) is 19.1 Å². The fourth-order valence-corrected chi connectivity index (χ4v) is 1.40. The predicted octanol–water partition coefficient (Wildman–Crippen LogP) is 0.969. The molecule has 1 aromatic rings. The van der Waals surface area contributed by atoms with Crippen molar-refractivity contribution in [2.24, 2.45) is 11.5 Å². The molecule has 0 amide bonds. The number of benzene rings is 1. The molecule has 1 rings (SSSR count). The number of rotatable bonds is 5. The quantitative estimate of drug-likeness (QED) is 0.589. The number of hydrogen-bond donors (Lipinski definition) is 2. The molecule has 0 saturated heterocycles. The van der Waals surface area contributed by atoms with Gasteiger partial charge in [-0.1, -0.05) is 6.07 Å². The van der Waals surface area contributed by atoms with E-state index in [1.807, 2.05) is 6.92 Å². The fraction of sp³-hybridized carbons (Fsp3) is 0.417. The first-order valence-corrected chi connectivity index (χ1v) is 5.49. The van der Waals surface area contributed by atoms with Crippen molar-refractivity contribution >= 4 is 5.97 Å². The SMILES string of the molecule is CCOc1cc(C(N)CN)ccc1OC(C)=O. The van der Waals surface area contributed by atoms with Crippen LogP contribution < -0.4 is 20.9 Å². The molecule has 94 valence electrons. The first kappa shape index (κ1) is 13.5. The van der Waals surface area contributed by atoms with Crippen LogP contribution in [0.1, 0.15) is 25.5 Å². The molecule has 5 heteroatoms. The average Bonchev–Trinajstić information content (AvgIpc) is 2.30. The van der Waals surface area contributed by atoms with E-state index in [4.69, 9.17) is 20.9 Å². The molecular weight excluding hydrogens is 220 g/mol. The Kier molecular flexibility index (Phi) is 4.93. The van der Waals surface area contributed by atoms with Crippen LogP contribution in [0.3, 0.4) is 0 Å². The Hall–Kier alpha value is -1.59. The molecule has 0 aliphatic rings. The minimum atomic E-state index is -0.387. The summed E-state index contributed by atoms with van der Waals surface area (Å²) in [6.45, 7) is 4.02. The van der Waals surface area contributed by atoms with Crippen LogP contribution >= 0.6 is 0 Å². The Morgan fingerprint density at radius 2 is 2.12 bits per heavy atom. The van der Waals surface area contributed by atoms with Crippen molar-refractivity contribution in [3.63, 3.8) is 0 Å². The summed E-state index contributed by atoms with van der Waals surface area (Å²) in [5, 5.41) is 0. The van der Waals surface area contributed by atoms with E-state index in [1.165, 1.54) is 6.92 Å². The standard InChI is InChI=1S/C12H18N2O3/c1-3-16-12-6-9(10(14)7-13)4-5-11(12)17-8(2)15/h4-6,10H,3,7,13-14H2,1-2H3. The third kappa shape index (κ3) is 3.72. The maximum absolute atomic E-state index is 10.9. The molecule has 1 unspecified atom stereocenters. The molecule has 4 N–H and O–H groups in total. The van der Waals surface area contributed by atoms with Gasteiger partial charge in [0.1, 0.15) is 0 Å². The monoisotopic (exact) mass is 238 g/mol. The second kappa shape index (κ2) is 6.22. The first-order chi connectivity index (χ1) is 8.08. The zero-order valence-corrected chi connectivity index (χ0v) is 10.1. The Balaban J connectivity index is 3.02. The Morgan fingerprint density at radius 1 is 1.41 bits per heavy atom. The van der Waals surface area contributed by atoms with Crippen LogP contribution in [0, 0.1) is 0 Å². The van der Waals surface area contributed by atoms with E-state index in [0.29, 0.717) is 24.7 Å². The highest BCUT2D eigenvalue weighted by Crippen LogP contribution is 2.30. The zero-order valence-electron chi connectivity index (χ0n) is 10.1. The summed E-state index contributed by atoms with van der Waals surface area (Å²) in [5.74, 6) is 0.512. The molecule has 0 aliphatic heterocycles. The highest BCUT2D eigenvalue weighted by molar-refractivity contribution is 5.70. The van der Waals surface area contributed by atoms with Gasteiger partial charge in [0.2, 0.25) is 0 Å². The van der Waals surface area contributed by atoms with Gasteiger partial charge in [0, 0.05) is 19.5 Å². The van der Waals surface area contributed by atoms with Gasteiger partial charge < -0.3 is 20.9 Å². The minimum Gasteiger partial charge on any atom is -0.490 e. The molecule has 1 atom stereocenters. The number of hydrogen-bond acceptors (Lipinski definition) is 5. The van der Waals surface area contributed by atoms with Crippen LogP contribution in [0.15, 0.2) is 18.2 Å². The molecule has 0 bridgehead atoms. The lowest BCUT2D eigenvalue weighted by Gasteiger charge is -2.14. The van der Waals surface area contributed by atoms with Crippen LogP contribution in [0.5, 0.6) is 11.5 Å². The van der Waals surface area contributed by atoms with E-state index in [0.717, 1.165) is 5.56 Å². The van der Waals surface area contributed by atoms with Crippen molar-refractivity contribution in [1.29, 1.82) is 0 Å². The average molecular weight is 238 g/mol. The molecule has 0 fully saturated rings. The van der Waals surface area contributed by atoms with Gasteiger partial charge in [-0.3, -0.25) is 4.79 Å². The van der Waals surface area contributed by atoms with E-state index in [9.17, 15) is 4.79 Å². The number of ether oxygens (including phenoxy) is 2. The van der Waals surface area contributed by atoms with Crippen molar-refractivity contribution in [2.75, 3.05) is 13.2 Å². The van der Waals surface area contributed by atoms with Gasteiger partial charge >= 0.3 is 5.97 Å². The van der Waals surface area contributed by atoms with Crippen LogP contribution in [0.2, 0.25) is 0 Å². The predicted molar refractivity (Wildman–Crippen MR) is 64.9 cm³/mol. The second-order valence-corrected chi connectivity index (χ2v) is 3.58. The highest BCUT2D eigenvalue weighted by atomic mass is 16.6. The molecule has 0 aromatic heterocycles. The largest absolute Gasteiger partial charge is 0.490 e. The molecule has 5 nitrogen and oxygen atoms in total. The Morgan fingerprint density at radius 3 is 2.65 bits per heavy atom. The molecule has 0 radical (unpaired) electrons. The number of nitrogens with two attached hydrogens (primary N) is 2. The summed E-state index contributed by atoms with van der Waals surface area (Å²) >= 11 is 0. The van der Waals surface area contributed by atoms with E-state index in [1.54, 1.807) is 18.2 Å². The van der Waals surface area contributed by atoms with E-state index in [-0.39, 0.29) is 12.0 Å². The third-order valence-electron chi connectivity index (χ3n) is 2.20. The normalized spacial score (nSPS) is 12.0. The third-order valence-corrected chi connectivity index (χ3v) is 2.20. The molecule has 0 heterocycles. The summed E-state index contributed by atoms with van der Waals surface area (Å²) in [4.78, 5) is 10.9. The molecule has 1 aromatic carbocycles. The van der Waals surface area contributed by atoms with Gasteiger partial charge in [-0.25, -0.2) is 0 Å². The van der Waals surface area contributed by atoms with Crippen molar-refractivity contribution in [2.45, 2.75) is 19.9 Å². The Labute approximate surface area is 101 Å². The molecule has 17 heavy (non-hydrogen) atoms. The Bertz CT molecular complexity index is 393. The van der Waals surface area contributed by atoms with Crippen LogP contribution in [0.4, 0.5) is 0 Å². The number of carbonyl (C=O) groups is 1. The summed E-state index contributed by atoms with van der Waals surface area (Å²) in [6.07, 6.45) is 0. The van der Waals surface area contributed by atoms with Gasteiger partial charge in [0.15, 0.2) is 11.5 Å². The van der Waals surface area contributed by atoms with Gasteiger partial charge in [0.25, 0.3) is 0 Å².